The van der Waals surface area contributed by atoms with Crippen LogP contribution in [0, 0.1) is 13.8 Å². The molecule has 2 aromatic rings. The molecular weight excluding hydrogens is 262 g/mol. The lowest BCUT2D eigenvalue weighted by Gasteiger charge is -2.04. The average Bonchev–Trinajstić information content (AvgIpc) is 2.78. The number of aryl methyl sites for hydroxylation is 2. The van der Waals surface area contributed by atoms with Gasteiger partial charge in [0, 0.05) is 12.2 Å². The number of nitrogens with one attached hydrogen (secondary N) is 1. The Labute approximate surface area is 116 Å². The third-order valence-electron chi connectivity index (χ3n) is 2.43. The van der Waals surface area contributed by atoms with E-state index in [-0.39, 0.29) is 6.61 Å². The van der Waals surface area contributed by atoms with Crippen LogP contribution < -0.4 is 5.32 Å². The maximum absolute atomic E-state index is 8.55. The van der Waals surface area contributed by atoms with Gasteiger partial charge in [0.1, 0.15) is 0 Å². The molecule has 0 atom stereocenters. The molecule has 108 valence electrons. The van der Waals surface area contributed by atoms with Gasteiger partial charge in [-0.1, -0.05) is 0 Å². The summed E-state index contributed by atoms with van der Waals surface area (Å²) in [6, 6.07) is 1.92. The van der Waals surface area contributed by atoms with Crippen molar-refractivity contribution >= 4 is 5.95 Å². The second-order valence-corrected chi connectivity index (χ2v) is 4.13. The van der Waals surface area contributed by atoms with Crippen molar-refractivity contribution in [3.05, 3.63) is 17.5 Å². The number of aliphatic hydroxyl groups excluding tert-OH is 1. The molecule has 9 heteroatoms. The summed E-state index contributed by atoms with van der Waals surface area (Å²) in [5, 5.41) is 31.5. The molecule has 20 heavy (non-hydrogen) atoms. The first-order valence-corrected chi connectivity index (χ1v) is 6.24. The maximum atomic E-state index is 8.55. The summed E-state index contributed by atoms with van der Waals surface area (Å²) in [6.07, 6.45) is 0. The summed E-state index contributed by atoms with van der Waals surface area (Å²) in [6.45, 7) is 5.10. The monoisotopic (exact) mass is 279 g/mol. The first-order valence-electron chi connectivity index (χ1n) is 6.24. The van der Waals surface area contributed by atoms with Crippen LogP contribution in [0.15, 0.2) is 6.07 Å². The number of nitrogens with zero attached hydrogens (tertiary/aromatic N) is 6. The highest BCUT2D eigenvalue weighted by molar-refractivity contribution is 5.22. The Kier molecular flexibility index (Phi) is 4.91. The molecule has 0 aliphatic heterocycles. The quantitative estimate of drug-likeness (QED) is 0.652. The predicted octanol–water partition coefficient (Wildman–Crippen LogP) is -0.510. The molecular formula is C11H17N7O2. The number of hydrogen-bond acceptors (Lipinski definition) is 8. The van der Waals surface area contributed by atoms with Crippen LogP contribution in [0.5, 0.6) is 0 Å². The highest BCUT2D eigenvalue weighted by Gasteiger charge is 2.08. The first kappa shape index (κ1) is 14.3. The number of rotatable bonds is 7. The number of anilines is 1. The van der Waals surface area contributed by atoms with Gasteiger partial charge in [-0.3, -0.25) is 0 Å². The number of aliphatic hydroxyl groups is 1. The smallest absolute Gasteiger partial charge is 0.289 e. The van der Waals surface area contributed by atoms with Crippen molar-refractivity contribution in [3.8, 4) is 5.95 Å². The standard InChI is InChI=1S/C11H17N7O2/c1-8-7-9(2)18(17-8)11-15-13-10(14-16-11)12-3-5-20-6-4-19/h7,19H,3-6H2,1-2H3,(H,12,13,14). The Bertz CT molecular complexity index is 540. The van der Waals surface area contributed by atoms with E-state index >= 15 is 0 Å². The van der Waals surface area contributed by atoms with E-state index in [1.54, 1.807) is 4.68 Å². The van der Waals surface area contributed by atoms with Crippen molar-refractivity contribution in [1.82, 2.24) is 30.2 Å². The van der Waals surface area contributed by atoms with Gasteiger partial charge < -0.3 is 15.2 Å². The lowest BCUT2D eigenvalue weighted by molar-refractivity contribution is 0.0991. The van der Waals surface area contributed by atoms with E-state index in [2.05, 4.69) is 30.8 Å². The average molecular weight is 279 g/mol. The van der Waals surface area contributed by atoms with Crippen molar-refractivity contribution < 1.29 is 9.84 Å². The van der Waals surface area contributed by atoms with Gasteiger partial charge in [0.2, 0.25) is 0 Å². The van der Waals surface area contributed by atoms with E-state index in [1.165, 1.54) is 0 Å². The Morgan fingerprint density at radius 1 is 1.20 bits per heavy atom. The van der Waals surface area contributed by atoms with Crippen LogP contribution in [-0.2, 0) is 4.74 Å². The summed E-state index contributed by atoms with van der Waals surface area (Å²) >= 11 is 0. The van der Waals surface area contributed by atoms with Crippen LogP contribution in [0.2, 0.25) is 0 Å². The molecule has 0 radical (unpaired) electrons. The second kappa shape index (κ2) is 6.87. The van der Waals surface area contributed by atoms with Gasteiger partial charge in [-0.15, -0.1) is 20.4 Å². The van der Waals surface area contributed by atoms with Crippen molar-refractivity contribution in [2.75, 3.05) is 31.7 Å². The fourth-order valence-corrected chi connectivity index (χ4v) is 1.61. The van der Waals surface area contributed by atoms with E-state index in [0.717, 1.165) is 11.4 Å². The van der Waals surface area contributed by atoms with Crippen molar-refractivity contribution in [1.29, 1.82) is 0 Å². The molecule has 0 unspecified atom stereocenters. The normalized spacial score (nSPS) is 10.8. The molecule has 2 aromatic heterocycles. The number of aromatic nitrogens is 6. The molecule has 0 fully saturated rings. The van der Waals surface area contributed by atoms with Crippen LogP contribution in [0.25, 0.3) is 5.95 Å². The van der Waals surface area contributed by atoms with E-state index in [9.17, 15) is 0 Å². The highest BCUT2D eigenvalue weighted by Crippen LogP contribution is 2.06. The Morgan fingerprint density at radius 3 is 2.55 bits per heavy atom. The SMILES string of the molecule is Cc1cc(C)n(-c2nnc(NCCOCCO)nn2)n1. The zero-order valence-electron chi connectivity index (χ0n) is 11.4. The van der Waals surface area contributed by atoms with Crippen molar-refractivity contribution in [3.63, 3.8) is 0 Å². The summed E-state index contributed by atoms with van der Waals surface area (Å²) in [4.78, 5) is 0. The van der Waals surface area contributed by atoms with Gasteiger partial charge in [-0.05, 0) is 19.9 Å². The van der Waals surface area contributed by atoms with Gasteiger partial charge in [0.15, 0.2) is 0 Å². The summed E-state index contributed by atoms with van der Waals surface area (Å²) in [5.74, 6) is 0.653. The fraction of sp³-hybridized carbons (Fsp3) is 0.545. The minimum Gasteiger partial charge on any atom is -0.394 e. The summed E-state index contributed by atoms with van der Waals surface area (Å²) < 4.78 is 6.68. The van der Waals surface area contributed by atoms with Crippen molar-refractivity contribution in [2.45, 2.75) is 13.8 Å². The van der Waals surface area contributed by atoms with E-state index in [4.69, 9.17) is 9.84 Å². The topological polar surface area (TPSA) is 111 Å². The van der Waals surface area contributed by atoms with Crippen LogP contribution in [0.3, 0.4) is 0 Å². The van der Waals surface area contributed by atoms with Crippen LogP contribution in [0.1, 0.15) is 11.4 Å². The maximum Gasteiger partial charge on any atom is 0.289 e. The molecule has 0 aliphatic carbocycles. The minimum absolute atomic E-state index is 0.0109. The molecule has 0 saturated heterocycles. The van der Waals surface area contributed by atoms with Gasteiger partial charge in [-0.2, -0.15) is 5.10 Å². The molecule has 2 heterocycles. The largest absolute Gasteiger partial charge is 0.394 e. The zero-order chi connectivity index (χ0) is 14.4. The first-order chi connectivity index (χ1) is 9.70. The third kappa shape index (κ3) is 3.68. The summed E-state index contributed by atoms with van der Waals surface area (Å²) in [5.41, 5.74) is 1.80. The van der Waals surface area contributed by atoms with Gasteiger partial charge in [0.25, 0.3) is 11.9 Å². The molecule has 9 nitrogen and oxygen atoms in total. The lowest BCUT2D eigenvalue weighted by atomic mass is 10.4. The Morgan fingerprint density at radius 2 is 1.95 bits per heavy atom. The Balaban J connectivity index is 1.91. The van der Waals surface area contributed by atoms with E-state index in [1.807, 2.05) is 19.9 Å². The minimum atomic E-state index is 0.0109. The Hall–Kier alpha value is -2.13. The van der Waals surface area contributed by atoms with E-state index < -0.39 is 0 Å². The highest BCUT2D eigenvalue weighted by atomic mass is 16.5. The molecule has 0 aromatic carbocycles. The molecule has 2 rings (SSSR count). The molecule has 2 N–H and O–H groups in total. The number of ether oxygens (including phenoxy) is 1. The van der Waals surface area contributed by atoms with E-state index in [0.29, 0.717) is 31.7 Å². The molecule has 0 aliphatic rings. The molecule has 0 saturated carbocycles. The second-order valence-electron chi connectivity index (χ2n) is 4.13. The van der Waals surface area contributed by atoms with Gasteiger partial charge >= 0.3 is 0 Å². The van der Waals surface area contributed by atoms with Crippen LogP contribution in [0.4, 0.5) is 5.95 Å². The molecule has 0 bridgehead atoms. The van der Waals surface area contributed by atoms with Gasteiger partial charge in [-0.25, -0.2) is 4.68 Å². The van der Waals surface area contributed by atoms with Gasteiger partial charge in [0.05, 0.1) is 25.5 Å². The van der Waals surface area contributed by atoms with Crippen LogP contribution >= 0.6 is 0 Å². The number of hydrogen-bond donors (Lipinski definition) is 2. The molecule has 0 spiro atoms. The summed E-state index contributed by atoms with van der Waals surface area (Å²) in [7, 11) is 0. The molecule has 0 amide bonds. The fourth-order valence-electron chi connectivity index (χ4n) is 1.61. The lowest BCUT2D eigenvalue weighted by Crippen LogP contribution is -2.15. The zero-order valence-corrected chi connectivity index (χ0v) is 11.4. The van der Waals surface area contributed by atoms with Crippen molar-refractivity contribution in [2.24, 2.45) is 0 Å². The predicted molar refractivity (Wildman–Crippen MR) is 70.6 cm³/mol. The third-order valence-corrected chi connectivity index (χ3v) is 2.43. The van der Waals surface area contributed by atoms with Crippen LogP contribution in [-0.4, -0.2) is 61.6 Å².